The molecule has 1 aromatic carbocycles. The van der Waals surface area contributed by atoms with Crippen molar-refractivity contribution in [2.75, 3.05) is 13.1 Å². The van der Waals surface area contributed by atoms with E-state index in [1.54, 1.807) is 11.8 Å². The predicted molar refractivity (Wildman–Crippen MR) is 98.9 cm³/mol. The molecule has 2 aromatic heterocycles. The van der Waals surface area contributed by atoms with Crippen molar-refractivity contribution in [3.05, 3.63) is 80.8 Å². The molecule has 1 amide bonds. The normalized spacial score (nSPS) is 19.4. The van der Waals surface area contributed by atoms with Crippen LogP contribution in [0.3, 0.4) is 0 Å². The number of amides is 1. The lowest BCUT2D eigenvalue weighted by atomic mass is 9.89. The number of hydrogen-bond acceptors (Lipinski definition) is 5. The highest BCUT2D eigenvalue weighted by atomic mass is 35.5. The fourth-order valence-electron chi connectivity index (χ4n) is 3.48. The van der Waals surface area contributed by atoms with E-state index in [1.165, 1.54) is 12.3 Å². The molecule has 2 unspecified atom stereocenters. The summed E-state index contributed by atoms with van der Waals surface area (Å²) in [4.78, 5) is 33.0. The smallest absolute Gasteiger partial charge is 0.266 e. The van der Waals surface area contributed by atoms with Gasteiger partial charge in [0.05, 0.1) is 11.5 Å². The van der Waals surface area contributed by atoms with Crippen LogP contribution in [0.2, 0.25) is 5.02 Å². The van der Waals surface area contributed by atoms with Gasteiger partial charge in [0.2, 0.25) is 5.89 Å². The van der Waals surface area contributed by atoms with Gasteiger partial charge in [-0.15, -0.1) is 0 Å². The minimum absolute atomic E-state index is 0.0104. The number of carbonyl (C=O) groups is 1. The van der Waals surface area contributed by atoms with Crippen LogP contribution in [-0.2, 0) is 0 Å². The maximum absolute atomic E-state index is 12.9. The topological polar surface area (TPSA) is 92.1 Å². The summed E-state index contributed by atoms with van der Waals surface area (Å²) in [5, 5.41) is 3.88. The van der Waals surface area contributed by atoms with Crippen LogP contribution in [0.25, 0.3) is 0 Å². The van der Waals surface area contributed by atoms with E-state index in [1.807, 2.05) is 30.3 Å². The molecule has 7 nitrogen and oxygen atoms in total. The fourth-order valence-corrected chi connectivity index (χ4v) is 3.66. The Morgan fingerprint density at radius 1 is 1.26 bits per heavy atom. The second kappa shape index (κ2) is 7.00. The number of halogens is 1. The van der Waals surface area contributed by atoms with E-state index in [-0.39, 0.29) is 22.8 Å². The van der Waals surface area contributed by atoms with Crippen LogP contribution in [0, 0.1) is 6.92 Å². The lowest BCUT2D eigenvalue weighted by Crippen LogP contribution is -2.29. The van der Waals surface area contributed by atoms with Gasteiger partial charge < -0.3 is 14.4 Å². The van der Waals surface area contributed by atoms with Gasteiger partial charge in [0.15, 0.2) is 5.82 Å². The Morgan fingerprint density at radius 3 is 2.67 bits per heavy atom. The Morgan fingerprint density at radius 2 is 2.00 bits per heavy atom. The summed E-state index contributed by atoms with van der Waals surface area (Å²) >= 11 is 5.87. The number of hydrogen-bond donors (Lipinski definition) is 1. The molecule has 0 bridgehead atoms. The molecule has 0 spiro atoms. The number of H-pyrrole nitrogens is 1. The third-order valence-electron chi connectivity index (χ3n) is 4.80. The molecule has 0 aliphatic carbocycles. The highest BCUT2D eigenvalue weighted by Crippen LogP contribution is 2.39. The number of benzene rings is 1. The molecular weight excluding hydrogens is 368 g/mol. The lowest BCUT2D eigenvalue weighted by Gasteiger charge is -2.16. The SMILES string of the molecule is Cc1noc(C2CN(C(=O)c3c[nH]c(=O)c(Cl)c3)CC2c2ccccc2)n1. The Hall–Kier alpha value is -2.93. The fraction of sp³-hybridized carbons (Fsp3) is 0.263. The molecule has 138 valence electrons. The molecule has 0 saturated carbocycles. The van der Waals surface area contributed by atoms with E-state index in [4.69, 9.17) is 16.1 Å². The predicted octanol–water partition coefficient (Wildman–Crippen LogP) is 2.74. The summed E-state index contributed by atoms with van der Waals surface area (Å²) < 4.78 is 5.40. The molecule has 4 rings (SSSR count). The number of aromatic nitrogens is 3. The number of likely N-dealkylation sites (tertiary alicyclic amines) is 1. The van der Waals surface area contributed by atoms with Crippen molar-refractivity contribution in [2.24, 2.45) is 0 Å². The zero-order valence-electron chi connectivity index (χ0n) is 14.6. The second-order valence-corrected chi connectivity index (χ2v) is 6.99. The van der Waals surface area contributed by atoms with Crippen LogP contribution in [0.1, 0.15) is 39.5 Å². The molecule has 1 N–H and O–H groups in total. The van der Waals surface area contributed by atoms with Gasteiger partial charge in [0.25, 0.3) is 11.5 Å². The van der Waals surface area contributed by atoms with Gasteiger partial charge in [-0.3, -0.25) is 9.59 Å². The minimum Gasteiger partial charge on any atom is -0.339 e. The van der Waals surface area contributed by atoms with Crippen molar-refractivity contribution >= 4 is 17.5 Å². The summed E-state index contributed by atoms with van der Waals surface area (Å²) in [7, 11) is 0. The zero-order chi connectivity index (χ0) is 19.0. The Balaban J connectivity index is 1.66. The first kappa shape index (κ1) is 17.5. The number of carbonyl (C=O) groups excluding carboxylic acids is 1. The van der Waals surface area contributed by atoms with Crippen molar-refractivity contribution < 1.29 is 9.32 Å². The highest BCUT2D eigenvalue weighted by Gasteiger charge is 2.40. The van der Waals surface area contributed by atoms with E-state index in [0.29, 0.717) is 30.4 Å². The number of nitrogens with zero attached hydrogens (tertiary/aromatic N) is 3. The first-order valence-corrected chi connectivity index (χ1v) is 8.93. The Bertz CT molecular complexity index is 1030. The highest BCUT2D eigenvalue weighted by molar-refractivity contribution is 6.30. The van der Waals surface area contributed by atoms with Crippen LogP contribution < -0.4 is 5.56 Å². The first-order valence-electron chi connectivity index (χ1n) is 8.55. The summed E-state index contributed by atoms with van der Waals surface area (Å²) in [5.74, 6) is 0.821. The number of aromatic amines is 1. The van der Waals surface area contributed by atoms with E-state index in [0.717, 1.165) is 5.56 Å². The van der Waals surface area contributed by atoms with Gasteiger partial charge in [0, 0.05) is 25.2 Å². The van der Waals surface area contributed by atoms with Crippen LogP contribution in [0.5, 0.6) is 0 Å². The number of pyridine rings is 1. The lowest BCUT2D eigenvalue weighted by molar-refractivity contribution is 0.0787. The van der Waals surface area contributed by atoms with Crippen molar-refractivity contribution in [2.45, 2.75) is 18.8 Å². The minimum atomic E-state index is -0.420. The van der Waals surface area contributed by atoms with E-state index in [2.05, 4.69) is 15.1 Å². The second-order valence-electron chi connectivity index (χ2n) is 6.58. The molecule has 3 aromatic rings. The van der Waals surface area contributed by atoms with E-state index < -0.39 is 5.56 Å². The molecule has 0 radical (unpaired) electrons. The molecule has 8 heteroatoms. The maximum Gasteiger partial charge on any atom is 0.266 e. The van der Waals surface area contributed by atoms with Crippen LogP contribution >= 0.6 is 11.6 Å². The number of rotatable bonds is 3. The van der Waals surface area contributed by atoms with Crippen LogP contribution in [0.15, 0.2) is 51.9 Å². The summed E-state index contributed by atoms with van der Waals surface area (Å²) in [6.07, 6.45) is 1.39. The molecule has 1 aliphatic rings. The van der Waals surface area contributed by atoms with Gasteiger partial charge in [-0.05, 0) is 18.6 Å². The van der Waals surface area contributed by atoms with Gasteiger partial charge in [-0.2, -0.15) is 4.98 Å². The largest absolute Gasteiger partial charge is 0.339 e. The van der Waals surface area contributed by atoms with Crippen molar-refractivity contribution in [1.82, 2.24) is 20.0 Å². The average molecular weight is 385 g/mol. The third-order valence-corrected chi connectivity index (χ3v) is 5.08. The standard InChI is InChI=1S/C19H17ClN4O3/c1-11-22-18(27-23-11)15-10-24(9-14(15)12-5-3-2-4-6-12)19(26)13-7-16(20)17(25)21-8-13/h2-8,14-15H,9-10H2,1H3,(H,21,25). The molecular formula is C19H17ClN4O3. The molecule has 1 fully saturated rings. The molecule has 1 saturated heterocycles. The molecule has 3 heterocycles. The third kappa shape index (κ3) is 3.38. The van der Waals surface area contributed by atoms with Crippen molar-refractivity contribution in [1.29, 1.82) is 0 Å². The first-order chi connectivity index (χ1) is 13.0. The van der Waals surface area contributed by atoms with Crippen LogP contribution in [-0.4, -0.2) is 39.0 Å². The zero-order valence-corrected chi connectivity index (χ0v) is 15.3. The maximum atomic E-state index is 12.9. The number of aryl methyl sites for hydroxylation is 1. The van der Waals surface area contributed by atoms with E-state index >= 15 is 0 Å². The van der Waals surface area contributed by atoms with Crippen molar-refractivity contribution in [3.63, 3.8) is 0 Å². The van der Waals surface area contributed by atoms with Gasteiger partial charge in [0.1, 0.15) is 5.02 Å². The monoisotopic (exact) mass is 384 g/mol. The molecule has 2 atom stereocenters. The summed E-state index contributed by atoms with van der Waals surface area (Å²) in [6, 6.07) is 11.4. The van der Waals surface area contributed by atoms with Gasteiger partial charge in [-0.25, -0.2) is 0 Å². The Labute approximate surface area is 160 Å². The van der Waals surface area contributed by atoms with Crippen molar-refractivity contribution in [3.8, 4) is 0 Å². The van der Waals surface area contributed by atoms with Gasteiger partial charge in [-0.1, -0.05) is 47.1 Å². The quantitative estimate of drug-likeness (QED) is 0.749. The molecule has 27 heavy (non-hydrogen) atoms. The average Bonchev–Trinajstić information content (AvgIpc) is 3.30. The Kier molecular flexibility index (Phi) is 4.53. The van der Waals surface area contributed by atoms with Gasteiger partial charge >= 0.3 is 0 Å². The summed E-state index contributed by atoms with van der Waals surface area (Å²) in [6.45, 7) is 2.72. The molecule has 1 aliphatic heterocycles. The number of nitrogens with one attached hydrogen (secondary N) is 1. The van der Waals surface area contributed by atoms with E-state index in [9.17, 15) is 9.59 Å². The van der Waals surface area contributed by atoms with Crippen LogP contribution in [0.4, 0.5) is 0 Å². The summed E-state index contributed by atoms with van der Waals surface area (Å²) in [5.41, 5.74) is 1.03.